The molecule has 2 aromatic carbocycles. The van der Waals surface area contributed by atoms with E-state index in [1.165, 1.54) is 67.3 Å². The predicted molar refractivity (Wildman–Crippen MR) is 230 cm³/mol. The summed E-state index contributed by atoms with van der Waals surface area (Å²) in [6.07, 6.45) is -1.86. The lowest BCUT2D eigenvalue weighted by atomic mass is 10.0. The van der Waals surface area contributed by atoms with Crippen molar-refractivity contribution in [3.63, 3.8) is 0 Å². The van der Waals surface area contributed by atoms with Crippen LogP contribution in [0, 0.1) is 0 Å². The number of nitrogens with one attached hydrogen (secondary N) is 6. The summed E-state index contributed by atoms with van der Waals surface area (Å²) in [5.41, 5.74) is 6.50. The molecule has 24 heteroatoms. The lowest BCUT2D eigenvalue weighted by Gasteiger charge is -2.29. The van der Waals surface area contributed by atoms with Crippen molar-refractivity contribution in [1.29, 1.82) is 0 Å². The number of phenols is 2. The summed E-state index contributed by atoms with van der Waals surface area (Å²) < 4.78 is 0. The van der Waals surface area contributed by atoms with E-state index in [0.29, 0.717) is 17.5 Å². The molecule has 1 aliphatic heterocycles. The maximum atomic E-state index is 13.9. The van der Waals surface area contributed by atoms with Gasteiger partial charge in [-0.05, 0) is 68.5 Å². The molecule has 13 N–H and O–H groups in total. The molecule has 65 heavy (non-hydrogen) atoms. The third kappa shape index (κ3) is 16.6. The molecule has 2 aromatic rings. The van der Waals surface area contributed by atoms with E-state index in [1.54, 1.807) is 0 Å². The number of likely N-dealkylation sites (tertiary alicyclic amines) is 1. The molecule has 0 aromatic heterocycles. The summed E-state index contributed by atoms with van der Waals surface area (Å²) in [4.78, 5) is 130. The first-order valence-electron chi connectivity index (χ1n) is 20.3. The lowest BCUT2D eigenvalue weighted by molar-refractivity contribution is -0.144. The Morgan fingerprint density at radius 2 is 1.12 bits per heavy atom. The van der Waals surface area contributed by atoms with E-state index in [4.69, 9.17) is 10.8 Å². The third-order valence-corrected chi connectivity index (χ3v) is 10.5. The first-order valence-corrected chi connectivity index (χ1v) is 20.9. The molecule has 0 aliphatic carbocycles. The van der Waals surface area contributed by atoms with Gasteiger partial charge in [0.05, 0.1) is 12.5 Å². The van der Waals surface area contributed by atoms with Crippen molar-refractivity contribution in [3.8, 4) is 11.5 Å². The van der Waals surface area contributed by atoms with Gasteiger partial charge < -0.3 is 68.1 Å². The largest absolute Gasteiger partial charge is 0.508 e. The molecular weight excluding hydrogens is 877 g/mol. The van der Waals surface area contributed by atoms with Gasteiger partial charge in [-0.25, -0.2) is 4.79 Å². The molecule has 0 bridgehead atoms. The number of hydrogen-bond acceptors (Lipinski definition) is 14. The number of phenolic OH excluding ortho intramolecular Hbond substituents is 2. The Kier molecular flexibility index (Phi) is 20.0. The van der Waals surface area contributed by atoms with Gasteiger partial charge in [0.2, 0.25) is 41.4 Å². The minimum atomic E-state index is -1.67. The highest BCUT2D eigenvalue weighted by Gasteiger charge is 2.38. The summed E-state index contributed by atoms with van der Waals surface area (Å²) in [6, 6.07) is -0.261. The molecule has 1 aliphatic rings. The fourth-order valence-electron chi connectivity index (χ4n) is 6.58. The molecule has 354 valence electrons. The van der Waals surface area contributed by atoms with Crippen molar-refractivity contribution < 1.29 is 73.5 Å². The third-order valence-electron chi connectivity index (χ3n) is 10.1. The minimum absolute atomic E-state index is 0.114. The molecule has 23 nitrogen and oxygen atoms in total. The van der Waals surface area contributed by atoms with E-state index in [9.17, 15) is 68.4 Å². The number of hydrogen-bond donors (Lipinski definition) is 13. The van der Waals surface area contributed by atoms with Gasteiger partial charge in [0.1, 0.15) is 53.8 Å². The number of nitrogens with zero attached hydrogens (tertiary/aromatic N) is 1. The van der Waals surface area contributed by atoms with E-state index in [1.807, 2.05) is 0 Å². The van der Waals surface area contributed by atoms with Crippen LogP contribution in [0.1, 0.15) is 57.1 Å². The van der Waals surface area contributed by atoms with Crippen molar-refractivity contribution in [2.24, 2.45) is 5.73 Å². The standard InChI is InChI=1S/C41H54N8O15S/c1-20(34(56)44-21(2)40(62)49-15-3-4-31(49)39(61)48-30(19-65)41(63)64)43-37(59)28(16-22-5-9-24(50)10-6-22)47-36(58)27(13-14-32(52)53)45-38(60)29(17-23-7-11-25(51)12-8-23)46-35(57)26(42)18-33(54)55/h5-12,20-21,26-31,50-51,65H,3-4,13-19,42H2,1-2H3,(H,43,59)(H,44,56)(H,45,60)(H,46,57)(H,47,58)(H,48,61)(H,52,53)(H,54,55)(H,63,64)/t20-,21-,26-,27-,28-,29-,30-,31-/m0/s1. The number of nitrogens with two attached hydrogens (primary N) is 1. The van der Waals surface area contributed by atoms with Crippen LogP contribution in [0.3, 0.4) is 0 Å². The van der Waals surface area contributed by atoms with Gasteiger partial charge in [0.15, 0.2) is 0 Å². The second-order valence-electron chi connectivity index (χ2n) is 15.3. The van der Waals surface area contributed by atoms with Gasteiger partial charge in [-0.1, -0.05) is 24.3 Å². The van der Waals surface area contributed by atoms with Crippen LogP contribution in [-0.4, -0.2) is 150 Å². The molecule has 0 radical (unpaired) electrons. The van der Waals surface area contributed by atoms with Crippen LogP contribution < -0.4 is 37.6 Å². The van der Waals surface area contributed by atoms with Crippen molar-refractivity contribution in [1.82, 2.24) is 36.8 Å². The molecule has 8 atom stereocenters. The second-order valence-corrected chi connectivity index (χ2v) is 15.7. The average molecular weight is 931 g/mol. The fourth-order valence-corrected chi connectivity index (χ4v) is 6.83. The van der Waals surface area contributed by atoms with Crippen LogP contribution >= 0.6 is 12.6 Å². The van der Waals surface area contributed by atoms with Crippen LogP contribution in [0.15, 0.2) is 48.5 Å². The molecule has 1 heterocycles. The Balaban J connectivity index is 1.81. The topological polar surface area (TPSA) is 373 Å². The normalized spacial score (nSPS) is 16.5. The van der Waals surface area contributed by atoms with Crippen LogP contribution in [0.2, 0.25) is 0 Å². The monoisotopic (exact) mass is 930 g/mol. The number of amides is 7. The summed E-state index contributed by atoms with van der Waals surface area (Å²) in [6.45, 7) is 2.77. The molecule has 3 rings (SSSR count). The Morgan fingerprint density at radius 3 is 1.62 bits per heavy atom. The molecule has 0 saturated carbocycles. The number of aliphatic carboxylic acids is 3. The Bertz CT molecular complexity index is 2070. The molecule has 7 amide bonds. The highest BCUT2D eigenvalue weighted by atomic mass is 32.1. The van der Waals surface area contributed by atoms with Gasteiger partial charge in [0.25, 0.3) is 0 Å². The second kappa shape index (κ2) is 24.8. The van der Waals surface area contributed by atoms with Crippen molar-refractivity contribution >= 4 is 71.9 Å². The summed E-state index contributed by atoms with van der Waals surface area (Å²) >= 11 is 3.93. The summed E-state index contributed by atoms with van der Waals surface area (Å²) in [5, 5.41) is 61.9. The van der Waals surface area contributed by atoms with Crippen LogP contribution in [-0.2, 0) is 60.8 Å². The van der Waals surface area contributed by atoms with Gasteiger partial charge in [0, 0.05) is 31.6 Å². The molecule has 0 spiro atoms. The quantitative estimate of drug-likeness (QED) is 0.0484. The predicted octanol–water partition coefficient (Wildman–Crippen LogP) is -2.50. The Labute approximate surface area is 377 Å². The van der Waals surface area contributed by atoms with E-state index >= 15 is 0 Å². The number of carbonyl (C=O) groups excluding carboxylic acids is 7. The van der Waals surface area contributed by atoms with Crippen molar-refractivity contribution in [2.45, 2.75) is 107 Å². The highest BCUT2D eigenvalue weighted by molar-refractivity contribution is 7.80. The first-order chi connectivity index (χ1) is 30.6. The Hall–Kier alpha value is -6.95. The SMILES string of the molecule is C[C@H](NC(=O)[C@H](Cc1ccc(O)cc1)NC(=O)[C@H](CCC(=O)O)NC(=O)[C@H](Cc1ccc(O)cc1)NC(=O)[C@@H](N)CC(=O)O)C(=O)N[C@@H](C)C(=O)N1CCC[C@H]1C(=O)N[C@@H](CS)C(=O)O. The average Bonchev–Trinajstić information content (AvgIpc) is 3.74. The van der Waals surface area contributed by atoms with Crippen molar-refractivity contribution in [3.05, 3.63) is 59.7 Å². The molecule has 1 fully saturated rings. The van der Waals surface area contributed by atoms with Crippen LogP contribution in [0.5, 0.6) is 11.5 Å². The van der Waals surface area contributed by atoms with Gasteiger partial charge in [-0.3, -0.25) is 43.2 Å². The highest BCUT2D eigenvalue weighted by Crippen LogP contribution is 2.19. The number of aromatic hydroxyl groups is 2. The zero-order chi connectivity index (χ0) is 48.5. The number of benzene rings is 2. The zero-order valence-electron chi connectivity index (χ0n) is 35.4. The number of carbonyl (C=O) groups is 10. The van der Waals surface area contributed by atoms with E-state index in [0.717, 1.165) is 0 Å². The van der Waals surface area contributed by atoms with Gasteiger partial charge in [-0.15, -0.1) is 0 Å². The minimum Gasteiger partial charge on any atom is -0.508 e. The molecular formula is C41H54N8O15S. The number of carboxylic acid groups (broad SMARTS) is 3. The van der Waals surface area contributed by atoms with Crippen LogP contribution in [0.25, 0.3) is 0 Å². The van der Waals surface area contributed by atoms with Gasteiger partial charge >= 0.3 is 17.9 Å². The van der Waals surface area contributed by atoms with E-state index in [-0.39, 0.29) is 43.1 Å². The lowest BCUT2D eigenvalue weighted by Crippen LogP contribution is -2.60. The summed E-state index contributed by atoms with van der Waals surface area (Å²) in [5.74, 6) is -10.8. The fraction of sp³-hybridized carbons (Fsp3) is 0.463. The first kappa shape index (κ1) is 52.4. The Morgan fingerprint density at radius 1 is 0.646 bits per heavy atom. The smallest absolute Gasteiger partial charge is 0.327 e. The zero-order valence-corrected chi connectivity index (χ0v) is 36.3. The molecule has 0 unspecified atom stereocenters. The maximum absolute atomic E-state index is 13.9. The van der Waals surface area contributed by atoms with Gasteiger partial charge in [-0.2, -0.15) is 12.6 Å². The number of carboxylic acids is 3. The van der Waals surface area contributed by atoms with E-state index < -0.39 is 127 Å². The van der Waals surface area contributed by atoms with Crippen LogP contribution in [0.4, 0.5) is 0 Å². The number of thiol groups is 1. The summed E-state index contributed by atoms with van der Waals surface area (Å²) in [7, 11) is 0. The van der Waals surface area contributed by atoms with E-state index in [2.05, 4.69) is 44.5 Å². The van der Waals surface area contributed by atoms with Crippen molar-refractivity contribution in [2.75, 3.05) is 12.3 Å². The maximum Gasteiger partial charge on any atom is 0.327 e. The number of rotatable bonds is 24. The molecule has 1 saturated heterocycles.